The summed E-state index contributed by atoms with van der Waals surface area (Å²) in [6.45, 7) is 9.57. The van der Waals surface area contributed by atoms with Gasteiger partial charge < -0.3 is 15.0 Å². The molecule has 0 aliphatic rings. The van der Waals surface area contributed by atoms with E-state index in [9.17, 15) is 4.39 Å². The van der Waals surface area contributed by atoms with Crippen LogP contribution in [0.2, 0.25) is 0 Å². The van der Waals surface area contributed by atoms with Crippen molar-refractivity contribution in [3.63, 3.8) is 0 Å². The van der Waals surface area contributed by atoms with Crippen LogP contribution in [-0.4, -0.2) is 44.2 Å². The molecule has 0 aliphatic carbocycles. The Kier molecular flexibility index (Phi) is 8.02. The first-order valence-electron chi connectivity index (χ1n) is 6.68. The van der Waals surface area contributed by atoms with Gasteiger partial charge in [-0.3, -0.25) is 0 Å². The number of nitrogens with zero attached hydrogens (tertiary/aromatic N) is 1. The lowest BCUT2D eigenvalue weighted by molar-refractivity contribution is 0.279. The number of nitrogens with one attached hydrogen (secondary N) is 1. The molecule has 0 bridgehead atoms. The molecule has 0 fully saturated rings. The first kappa shape index (κ1) is 16.4. The van der Waals surface area contributed by atoms with Gasteiger partial charge in [0.1, 0.15) is 6.61 Å². The largest absolute Gasteiger partial charge is 0.489 e. The zero-order valence-electron chi connectivity index (χ0n) is 11.6. The standard InChI is InChI=1S/C14H22BrFN2O/c1-3-18(4-2)9-7-17-8-10-19-14-11-12(15)5-6-13(14)16/h5-6,11,17H,3-4,7-10H2,1-2H3. The number of rotatable bonds is 9. The molecular weight excluding hydrogens is 311 g/mol. The highest BCUT2D eigenvalue weighted by molar-refractivity contribution is 9.10. The molecule has 1 N–H and O–H groups in total. The number of benzene rings is 1. The molecule has 0 spiro atoms. The summed E-state index contributed by atoms with van der Waals surface area (Å²) in [6, 6.07) is 4.70. The molecule has 19 heavy (non-hydrogen) atoms. The monoisotopic (exact) mass is 332 g/mol. The fraction of sp³-hybridized carbons (Fsp3) is 0.571. The smallest absolute Gasteiger partial charge is 0.165 e. The minimum atomic E-state index is -0.327. The Morgan fingerprint density at radius 3 is 2.68 bits per heavy atom. The number of ether oxygens (including phenoxy) is 1. The van der Waals surface area contributed by atoms with E-state index in [0.717, 1.165) is 30.7 Å². The molecule has 1 aromatic carbocycles. The van der Waals surface area contributed by atoms with E-state index in [2.05, 4.69) is 40.0 Å². The molecule has 0 amide bonds. The molecular formula is C14H22BrFN2O. The van der Waals surface area contributed by atoms with Crippen LogP contribution in [0.15, 0.2) is 22.7 Å². The molecule has 0 radical (unpaired) electrons. The highest BCUT2D eigenvalue weighted by atomic mass is 79.9. The summed E-state index contributed by atoms with van der Waals surface area (Å²) in [5, 5.41) is 3.29. The topological polar surface area (TPSA) is 24.5 Å². The van der Waals surface area contributed by atoms with Crippen molar-refractivity contribution in [1.82, 2.24) is 10.2 Å². The summed E-state index contributed by atoms with van der Waals surface area (Å²) in [5.74, 6) is -0.0359. The molecule has 0 saturated carbocycles. The van der Waals surface area contributed by atoms with Gasteiger partial charge in [-0.1, -0.05) is 29.8 Å². The molecule has 3 nitrogen and oxygen atoms in total. The lowest BCUT2D eigenvalue weighted by Crippen LogP contribution is -2.33. The molecule has 0 atom stereocenters. The van der Waals surface area contributed by atoms with Crippen LogP contribution < -0.4 is 10.1 Å². The summed E-state index contributed by atoms with van der Waals surface area (Å²) in [6.07, 6.45) is 0. The van der Waals surface area contributed by atoms with Crippen molar-refractivity contribution in [2.24, 2.45) is 0 Å². The van der Waals surface area contributed by atoms with E-state index in [-0.39, 0.29) is 5.82 Å². The average molecular weight is 333 g/mol. The fourth-order valence-corrected chi connectivity index (χ4v) is 2.06. The quantitative estimate of drug-likeness (QED) is 0.704. The molecule has 5 heteroatoms. The summed E-state index contributed by atoms with van der Waals surface area (Å²) in [4.78, 5) is 2.35. The van der Waals surface area contributed by atoms with Crippen molar-refractivity contribution in [1.29, 1.82) is 0 Å². The Morgan fingerprint density at radius 1 is 1.26 bits per heavy atom. The van der Waals surface area contributed by atoms with Crippen LogP contribution in [0.1, 0.15) is 13.8 Å². The van der Waals surface area contributed by atoms with Crippen molar-refractivity contribution in [3.8, 4) is 5.75 Å². The van der Waals surface area contributed by atoms with Crippen LogP contribution in [0, 0.1) is 5.82 Å². The first-order chi connectivity index (χ1) is 9.17. The van der Waals surface area contributed by atoms with Crippen molar-refractivity contribution in [3.05, 3.63) is 28.5 Å². The lowest BCUT2D eigenvalue weighted by Gasteiger charge is -2.18. The van der Waals surface area contributed by atoms with E-state index in [1.54, 1.807) is 12.1 Å². The van der Waals surface area contributed by atoms with Gasteiger partial charge in [-0.15, -0.1) is 0 Å². The zero-order chi connectivity index (χ0) is 14.1. The van der Waals surface area contributed by atoms with E-state index in [1.807, 2.05) is 0 Å². The predicted octanol–water partition coefficient (Wildman–Crippen LogP) is 2.90. The Bertz CT molecular complexity index is 372. The SMILES string of the molecule is CCN(CC)CCNCCOc1cc(Br)ccc1F. The van der Waals surface area contributed by atoms with Crippen molar-refractivity contribution < 1.29 is 9.13 Å². The maximum Gasteiger partial charge on any atom is 0.165 e. The van der Waals surface area contributed by atoms with Gasteiger partial charge >= 0.3 is 0 Å². The van der Waals surface area contributed by atoms with Gasteiger partial charge in [0.25, 0.3) is 0 Å². The number of hydrogen-bond donors (Lipinski definition) is 1. The summed E-state index contributed by atoms with van der Waals surface area (Å²) < 4.78 is 19.6. The molecule has 0 aliphatic heterocycles. The van der Waals surface area contributed by atoms with Gasteiger partial charge in [-0.25, -0.2) is 4.39 Å². The maximum absolute atomic E-state index is 13.4. The Labute approximate surface area is 123 Å². The third-order valence-electron chi connectivity index (χ3n) is 2.93. The Hall–Kier alpha value is -0.650. The van der Waals surface area contributed by atoms with Crippen LogP contribution in [0.4, 0.5) is 4.39 Å². The van der Waals surface area contributed by atoms with E-state index in [1.165, 1.54) is 6.07 Å². The summed E-state index contributed by atoms with van der Waals surface area (Å²) >= 11 is 3.29. The van der Waals surface area contributed by atoms with Gasteiger partial charge in [0.2, 0.25) is 0 Å². The van der Waals surface area contributed by atoms with Crippen molar-refractivity contribution >= 4 is 15.9 Å². The highest BCUT2D eigenvalue weighted by Crippen LogP contribution is 2.21. The Balaban J connectivity index is 2.15. The number of halogens is 2. The van der Waals surface area contributed by atoms with Gasteiger partial charge in [-0.2, -0.15) is 0 Å². The number of likely N-dealkylation sites (N-methyl/N-ethyl adjacent to an activating group) is 1. The average Bonchev–Trinajstić information content (AvgIpc) is 2.42. The molecule has 108 valence electrons. The third kappa shape index (κ3) is 6.36. The van der Waals surface area contributed by atoms with Gasteiger partial charge in [0.15, 0.2) is 11.6 Å². The van der Waals surface area contributed by atoms with E-state index >= 15 is 0 Å². The molecule has 0 unspecified atom stereocenters. The second-order valence-electron chi connectivity index (χ2n) is 4.20. The van der Waals surface area contributed by atoms with Gasteiger partial charge in [0, 0.05) is 24.1 Å². The summed E-state index contributed by atoms with van der Waals surface area (Å²) in [5.41, 5.74) is 0. The van der Waals surface area contributed by atoms with Crippen LogP contribution in [0.25, 0.3) is 0 Å². The van der Waals surface area contributed by atoms with Crippen LogP contribution in [0.5, 0.6) is 5.75 Å². The van der Waals surface area contributed by atoms with Crippen molar-refractivity contribution in [2.45, 2.75) is 13.8 Å². The second-order valence-corrected chi connectivity index (χ2v) is 5.12. The molecule has 1 aromatic rings. The minimum absolute atomic E-state index is 0.292. The maximum atomic E-state index is 13.4. The van der Waals surface area contributed by atoms with Crippen LogP contribution in [-0.2, 0) is 0 Å². The van der Waals surface area contributed by atoms with Crippen molar-refractivity contribution in [2.75, 3.05) is 39.3 Å². The van der Waals surface area contributed by atoms with Crippen LogP contribution in [0.3, 0.4) is 0 Å². The van der Waals surface area contributed by atoms with E-state index in [4.69, 9.17) is 4.74 Å². The number of hydrogen-bond acceptors (Lipinski definition) is 3. The molecule has 0 saturated heterocycles. The zero-order valence-corrected chi connectivity index (χ0v) is 13.2. The first-order valence-corrected chi connectivity index (χ1v) is 7.47. The van der Waals surface area contributed by atoms with Gasteiger partial charge in [-0.05, 0) is 31.3 Å². The lowest BCUT2D eigenvalue weighted by atomic mass is 10.3. The summed E-state index contributed by atoms with van der Waals surface area (Å²) in [7, 11) is 0. The molecule has 0 aromatic heterocycles. The van der Waals surface area contributed by atoms with Crippen LogP contribution >= 0.6 is 15.9 Å². The highest BCUT2D eigenvalue weighted by Gasteiger charge is 2.03. The normalized spacial score (nSPS) is 11.0. The van der Waals surface area contributed by atoms with E-state index < -0.39 is 0 Å². The molecule has 0 heterocycles. The Morgan fingerprint density at radius 2 is 2.00 bits per heavy atom. The fourth-order valence-electron chi connectivity index (χ4n) is 1.72. The molecule has 1 rings (SSSR count). The predicted molar refractivity (Wildman–Crippen MR) is 80.3 cm³/mol. The second kappa shape index (κ2) is 9.28. The van der Waals surface area contributed by atoms with E-state index in [0.29, 0.717) is 18.9 Å². The third-order valence-corrected chi connectivity index (χ3v) is 3.42. The minimum Gasteiger partial charge on any atom is -0.489 e. The van der Waals surface area contributed by atoms with Gasteiger partial charge in [0.05, 0.1) is 0 Å².